The maximum absolute atomic E-state index is 12.5. The summed E-state index contributed by atoms with van der Waals surface area (Å²) in [6.07, 6.45) is -2.48. The molecular weight excluding hydrogens is 431 g/mol. The van der Waals surface area contributed by atoms with Gasteiger partial charge in [0.05, 0.1) is 5.71 Å². The molecule has 0 aliphatic carbocycles. The lowest BCUT2D eigenvalue weighted by Gasteiger charge is -2.11. The van der Waals surface area contributed by atoms with Crippen LogP contribution in [0.25, 0.3) is 0 Å². The van der Waals surface area contributed by atoms with Crippen LogP contribution in [0.4, 0.5) is 24.7 Å². The predicted molar refractivity (Wildman–Crippen MR) is 111 cm³/mol. The predicted octanol–water partition coefficient (Wildman–Crippen LogP) is 5.87. The van der Waals surface area contributed by atoms with Crippen molar-refractivity contribution in [2.45, 2.75) is 19.7 Å². The summed E-state index contributed by atoms with van der Waals surface area (Å²) in [7, 11) is 0. The van der Waals surface area contributed by atoms with Gasteiger partial charge in [-0.05, 0) is 55.0 Å². The molecule has 1 aliphatic heterocycles. The monoisotopic (exact) mass is 445 g/mol. The standard InChI is InChI=1S/C22H15ClF3N3O2/c1-12-8-14-9-19(29-20(14)27-11-12)17-10-15(4-7-18(17)23)28-21(30)13-2-5-16(6-3-13)31-22(24,25)26/h2-8,10-11H,9H2,1H3,(H,28,30). The summed E-state index contributed by atoms with van der Waals surface area (Å²) in [5, 5.41) is 3.20. The molecule has 0 atom stereocenters. The molecular formula is C22H15ClF3N3O2. The summed E-state index contributed by atoms with van der Waals surface area (Å²) in [6.45, 7) is 1.95. The van der Waals surface area contributed by atoms with Gasteiger partial charge in [-0.15, -0.1) is 13.2 Å². The molecule has 4 rings (SSSR count). The Labute approximate surface area is 180 Å². The molecule has 2 aromatic carbocycles. The molecule has 1 N–H and O–H groups in total. The lowest BCUT2D eigenvalue weighted by atomic mass is 10.0. The summed E-state index contributed by atoms with van der Waals surface area (Å²) < 4.78 is 40.6. The Morgan fingerprint density at radius 2 is 1.87 bits per heavy atom. The van der Waals surface area contributed by atoms with Crippen LogP contribution in [-0.2, 0) is 6.42 Å². The summed E-state index contributed by atoms with van der Waals surface area (Å²) in [6, 6.07) is 11.7. The Morgan fingerprint density at radius 3 is 2.58 bits per heavy atom. The zero-order valence-corrected chi connectivity index (χ0v) is 16.9. The number of carbonyl (C=O) groups excluding carboxylic acids is 1. The number of aliphatic imine (C=N–C) groups is 1. The van der Waals surface area contributed by atoms with Crippen LogP contribution in [-0.4, -0.2) is 23.0 Å². The van der Waals surface area contributed by atoms with Crippen LogP contribution in [0.1, 0.15) is 27.0 Å². The van der Waals surface area contributed by atoms with Crippen molar-refractivity contribution in [3.63, 3.8) is 0 Å². The zero-order chi connectivity index (χ0) is 22.2. The van der Waals surface area contributed by atoms with Crippen molar-refractivity contribution >= 4 is 34.7 Å². The molecule has 0 saturated carbocycles. The van der Waals surface area contributed by atoms with E-state index in [1.54, 1.807) is 24.4 Å². The lowest BCUT2D eigenvalue weighted by molar-refractivity contribution is -0.274. The molecule has 31 heavy (non-hydrogen) atoms. The molecule has 1 aliphatic rings. The number of amides is 1. The number of alkyl halides is 3. The average molecular weight is 446 g/mol. The molecule has 1 aromatic heterocycles. The Morgan fingerprint density at radius 1 is 1.13 bits per heavy atom. The number of nitrogens with zero attached hydrogens (tertiary/aromatic N) is 2. The Hall–Kier alpha value is -3.39. The van der Waals surface area contributed by atoms with Gasteiger partial charge in [0.1, 0.15) is 5.75 Å². The number of benzene rings is 2. The number of aromatic nitrogens is 1. The zero-order valence-electron chi connectivity index (χ0n) is 16.1. The van der Waals surface area contributed by atoms with E-state index in [9.17, 15) is 18.0 Å². The van der Waals surface area contributed by atoms with E-state index in [1.165, 1.54) is 12.1 Å². The van der Waals surface area contributed by atoms with Gasteiger partial charge in [-0.1, -0.05) is 17.7 Å². The fraction of sp³-hybridized carbons (Fsp3) is 0.136. The van der Waals surface area contributed by atoms with Crippen molar-refractivity contribution < 1.29 is 22.7 Å². The van der Waals surface area contributed by atoms with Gasteiger partial charge in [-0.3, -0.25) is 4.79 Å². The number of fused-ring (bicyclic) bond motifs is 1. The van der Waals surface area contributed by atoms with Crippen LogP contribution >= 0.6 is 11.6 Å². The fourth-order valence-electron chi connectivity index (χ4n) is 3.19. The second-order valence-electron chi connectivity index (χ2n) is 6.95. The van der Waals surface area contributed by atoms with Crippen molar-refractivity contribution in [2.75, 3.05) is 5.32 Å². The maximum Gasteiger partial charge on any atom is 0.573 e. The molecule has 0 bridgehead atoms. The Kier molecular flexibility index (Phi) is 5.41. The molecule has 9 heteroatoms. The number of hydrogen-bond donors (Lipinski definition) is 1. The molecule has 158 valence electrons. The van der Waals surface area contributed by atoms with Gasteiger partial charge in [-0.2, -0.15) is 0 Å². The second kappa shape index (κ2) is 8.03. The number of pyridine rings is 1. The van der Waals surface area contributed by atoms with E-state index in [-0.39, 0.29) is 5.56 Å². The summed E-state index contributed by atoms with van der Waals surface area (Å²) >= 11 is 6.35. The number of ether oxygens (including phenoxy) is 1. The van der Waals surface area contributed by atoms with E-state index < -0.39 is 18.0 Å². The number of hydrogen-bond acceptors (Lipinski definition) is 4. The average Bonchev–Trinajstić information content (AvgIpc) is 3.11. The van der Waals surface area contributed by atoms with Crippen molar-refractivity contribution in [1.82, 2.24) is 4.98 Å². The molecule has 2 heterocycles. The van der Waals surface area contributed by atoms with E-state index in [2.05, 4.69) is 20.0 Å². The summed E-state index contributed by atoms with van der Waals surface area (Å²) in [5.74, 6) is -0.242. The molecule has 0 saturated heterocycles. The van der Waals surface area contributed by atoms with Crippen LogP contribution < -0.4 is 10.1 Å². The lowest BCUT2D eigenvalue weighted by Crippen LogP contribution is -2.17. The third-order valence-corrected chi connectivity index (χ3v) is 4.89. The van der Waals surface area contributed by atoms with Crippen LogP contribution in [0.5, 0.6) is 5.75 Å². The van der Waals surface area contributed by atoms with E-state index in [0.717, 1.165) is 29.0 Å². The number of aryl methyl sites for hydroxylation is 1. The molecule has 1 amide bonds. The summed E-state index contributed by atoms with van der Waals surface area (Å²) in [5.41, 5.74) is 4.10. The van der Waals surface area contributed by atoms with Gasteiger partial charge in [0.2, 0.25) is 0 Å². The molecule has 5 nitrogen and oxygen atoms in total. The van der Waals surface area contributed by atoms with Gasteiger partial charge in [0, 0.05) is 40.0 Å². The van der Waals surface area contributed by atoms with Crippen LogP contribution in [0, 0.1) is 6.92 Å². The van der Waals surface area contributed by atoms with Gasteiger partial charge in [0.15, 0.2) is 5.82 Å². The Balaban J connectivity index is 1.51. The molecule has 0 spiro atoms. The largest absolute Gasteiger partial charge is 0.573 e. The minimum atomic E-state index is -4.79. The normalized spacial score (nSPS) is 12.9. The first kappa shape index (κ1) is 20.9. The number of halogens is 4. The minimum absolute atomic E-state index is 0.177. The quantitative estimate of drug-likeness (QED) is 0.546. The fourth-order valence-corrected chi connectivity index (χ4v) is 3.42. The molecule has 0 fully saturated rings. The van der Waals surface area contributed by atoms with Crippen molar-refractivity contribution in [3.8, 4) is 5.75 Å². The van der Waals surface area contributed by atoms with Gasteiger partial charge in [0.25, 0.3) is 5.91 Å². The third kappa shape index (κ3) is 4.86. The SMILES string of the molecule is Cc1cnc2c(c1)CC(c1cc(NC(=O)c3ccc(OC(F)(F)F)cc3)ccc1Cl)=N2. The van der Waals surface area contributed by atoms with E-state index in [4.69, 9.17) is 11.6 Å². The third-order valence-electron chi connectivity index (χ3n) is 4.56. The topological polar surface area (TPSA) is 63.6 Å². The second-order valence-corrected chi connectivity index (χ2v) is 7.36. The number of nitrogens with one attached hydrogen (secondary N) is 1. The molecule has 3 aromatic rings. The van der Waals surface area contributed by atoms with E-state index >= 15 is 0 Å². The first-order valence-electron chi connectivity index (χ1n) is 9.18. The first-order chi connectivity index (χ1) is 14.7. The highest BCUT2D eigenvalue weighted by atomic mass is 35.5. The van der Waals surface area contributed by atoms with Gasteiger partial charge >= 0.3 is 6.36 Å². The van der Waals surface area contributed by atoms with Crippen molar-refractivity contribution in [1.29, 1.82) is 0 Å². The molecule has 0 unspecified atom stereocenters. The van der Waals surface area contributed by atoms with E-state index in [0.29, 0.717) is 28.5 Å². The first-order valence-corrected chi connectivity index (χ1v) is 9.56. The highest BCUT2D eigenvalue weighted by Crippen LogP contribution is 2.31. The summed E-state index contributed by atoms with van der Waals surface area (Å²) in [4.78, 5) is 21.4. The van der Waals surface area contributed by atoms with Crippen molar-refractivity contribution in [3.05, 3.63) is 82.0 Å². The van der Waals surface area contributed by atoms with Gasteiger partial charge < -0.3 is 10.1 Å². The van der Waals surface area contributed by atoms with Crippen LogP contribution in [0.2, 0.25) is 5.02 Å². The Bertz CT molecular complexity index is 1190. The maximum atomic E-state index is 12.5. The highest BCUT2D eigenvalue weighted by molar-refractivity contribution is 6.34. The van der Waals surface area contributed by atoms with Crippen LogP contribution in [0.15, 0.2) is 59.7 Å². The minimum Gasteiger partial charge on any atom is -0.406 e. The number of carbonyl (C=O) groups is 1. The van der Waals surface area contributed by atoms with Crippen LogP contribution in [0.3, 0.4) is 0 Å². The van der Waals surface area contributed by atoms with E-state index in [1.807, 2.05) is 13.0 Å². The molecule has 0 radical (unpaired) electrons. The smallest absolute Gasteiger partial charge is 0.406 e. The number of anilines is 1. The number of rotatable bonds is 4. The van der Waals surface area contributed by atoms with Gasteiger partial charge in [-0.25, -0.2) is 9.98 Å². The van der Waals surface area contributed by atoms with Crippen molar-refractivity contribution in [2.24, 2.45) is 4.99 Å². The highest BCUT2D eigenvalue weighted by Gasteiger charge is 2.31.